The number of nitrogens with zero attached hydrogens (tertiary/aromatic N) is 1. The molecule has 0 aromatic heterocycles. The van der Waals surface area contributed by atoms with Crippen LogP contribution in [0.1, 0.15) is 28.8 Å². The van der Waals surface area contributed by atoms with Crippen molar-refractivity contribution in [1.29, 1.82) is 5.26 Å². The first-order valence-electron chi connectivity index (χ1n) is 4.65. The highest BCUT2D eigenvalue weighted by Gasteiger charge is 2.24. The summed E-state index contributed by atoms with van der Waals surface area (Å²) in [5.41, 5.74) is 0.154. The van der Waals surface area contributed by atoms with Crippen LogP contribution in [-0.2, 0) is 0 Å². The summed E-state index contributed by atoms with van der Waals surface area (Å²) in [6.07, 6.45) is 2.30. The lowest BCUT2D eigenvalue weighted by Gasteiger charge is -2.05. The minimum atomic E-state index is -1.09. The minimum absolute atomic E-state index is 0.0145. The number of hydrogen-bond acceptors (Lipinski definition) is 3. The smallest absolute Gasteiger partial charge is 0.337 e. The molecule has 1 fully saturated rings. The number of benzene rings is 1. The highest BCUT2D eigenvalue weighted by Crippen LogP contribution is 2.27. The van der Waals surface area contributed by atoms with Gasteiger partial charge in [-0.2, -0.15) is 5.26 Å². The predicted molar refractivity (Wildman–Crippen MR) is 51.8 cm³/mol. The molecule has 0 saturated heterocycles. The summed E-state index contributed by atoms with van der Waals surface area (Å²) in [5, 5.41) is 17.6. The number of hydrogen-bond donors (Lipinski definition) is 1. The number of nitriles is 1. The number of aromatic carboxylic acids is 1. The van der Waals surface area contributed by atoms with Crippen LogP contribution in [0.15, 0.2) is 18.2 Å². The Bertz CT molecular complexity index is 444. The van der Waals surface area contributed by atoms with Crippen LogP contribution in [0.5, 0.6) is 5.75 Å². The van der Waals surface area contributed by atoms with Crippen molar-refractivity contribution in [2.45, 2.75) is 18.9 Å². The van der Waals surface area contributed by atoms with E-state index in [1.807, 2.05) is 6.07 Å². The first-order valence-corrected chi connectivity index (χ1v) is 4.65. The molecule has 0 unspecified atom stereocenters. The SMILES string of the molecule is N#Cc1cc(OC2CC2)ccc1C(=O)O. The van der Waals surface area contributed by atoms with E-state index in [4.69, 9.17) is 15.1 Å². The lowest BCUT2D eigenvalue weighted by molar-refractivity contribution is 0.0696. The Kier molecular flexibility index (Phi) is 2.30. The highest BCUT2D eigenvalue weighted by atomic mass is 16.5. The fourth-order valence-corrected chi connectivity index (χ4v) is 1.25. The molecule has 0 bridgehead atoms. The lowest BCUT2D eigenvalue weighted by atomic mass is 10.1. The van der Waals surface area contributed by atoms with Gasteiger partial charge < -0.3 is 9.84 Å². The molecule has 0 amide bonds. The Labute approximate surface area is 86.7 Å². The second kappa shape index (κ2) is 3.62. The predicted octanol–water partition coefficient (Wildman–Crippen LogP) is 1.80. The van der Waals surface area contributed by atoms with Crippen LogP contribution in [0.4, 0.5) is 0 Å². The van der Waals surface area contributed by atoms with E-state index in [-0.39, 0.29) is 17.2 Å². The van der Waals surface area contributed by atoms with Crippen molar-refractivity contribution in [3.05, 3.63) is 29.3 Å². The second-order valence-electron chi connectivity index (χ2n) is 3.44. The minimum Gasteiger partial charge on any atom is -0.490 e. The molecule has 0 aliphatic heterocycles. The molecule has 0 spiro atoms. The molecule has 2 rings (SSSR count). The van der Waals surface area contributed by atoms with Crippen LogP contribution < -0.4 is 4.74 Å². The summed E-state index contributed by atoms with van der Waals surface area (Å²) in [7, 11) is 0. The number of carbonyl (C=O) groups is 1. The number of ether oxygens (including phenoxy) is 1. The molecule has 4 heteroatoms. The molecule has 15 heavy (non-hydrogen) atoms. The average Bonchev–Trinajstić information content (AvgIpc) is 3.01. The van der Waals surface area contributed by atoms with Gasteiger partial charge in [-0.15, -0.1) is 0 Å². The van der Waals surface area contributed by atoms with E-state index < -0.39 is 5.97 Å². The first-order chi connectivity index (χ1) is 7.20. The summed E-state index contributed by atoms with van der Waals surface area (Å²) in [6, 6.07) is 6.31. The summed E-state index contributed by atoms with van der Waals surface area (Å²) >= 11 is 0. The van der Waals surface area contributed by atoms with Crippen molar-refractivity contribution in [3.63, 3.8) is 0 Å². The van der Waals surface area contributed by atoms with E-state index in [9.17, 15) is 4.79 Å². The standard InChI is InChI=1S/C11H9NO3/c12-6-7-5-9(15-8-1-2-8)3-4-10(7)11(13)14/h3-5,8H,1-2H2,(H,13,14). The Hall–Kier alpha value is -2.02. The topological polar surface area (TPSA) is 70.3 Å². The third-order valence-corrected chi connectivity index (χ3v) is 2.17. The van der Waals surface area contributed by atoms with Gasteiger partial charge in [-0.3, -0.25) is 0 Å². The average molecular weight is 203 g/mol. The summed E-state index contributed by atoms with van der Waals surface area (Å²) in [6.45, 7) is 0. The van der Waals surface area contributed by atoms with Crippen molar-refractivity contribution in [3.8, 4) is 11.8 Å². The molecule has 1 saturated carbocycles. The fraction of sp³-hybridized carbons (Fsp3) is 0.273. The van der Waals surface area contributed by atoms with E-state index in [1.54, 1.807) is 6.07 Å². The first kappa shape index (κ1) is 9.53. The van der Waals surface area contributed by atoms with Crippen molar-refractivity contribution < 1.29 is 14.6 Å². The molecule has 1 aromatic rings. The monoisotopic (exact) mass is 203 g/mol. The fourth-order valence-electron chi connectivity index (χ4n) is 1.25. The lowest BCUT2D eigenvalue weighted by Crippen LogP contribution is -2.02. The van der Waals surface area contributed by atoms with Crippen LogP contribution in [0.25, 0.3) is 0 Å². The van der Waals surface area contributed by atoms with Crippen LogP contribution in [-0.4, -0.2) is 17.2 Å². The van der Waals surface area contributed by atoms with E-state index in [0.717, 1.165) is 12.8 Å². The Morgan fingerprint density at radius 2 is 2.27 bits per heavy atom. The summed E-state index contributed by atoms with van der Waals surface area (Å²) in [5.74, 6) is -0.524. The van der Waals surface area contributed by atoms with Gasteiger partial charge in [0, 0.05) is 0 Å². The number of carboxylic acids is 1. The normalized spacial score (nSPS) is 14.3. The van der Waals surface area contributed by atoms with Crippen LogP contribution >= 0.6 is 0 Å². The van der Waals surface area contributed by atoms with Gasteiger partial charge in [-0.05, 0) is 31.0 Å². The molecule has 0 heterocycles. The van der Waals surface area contributed by atoms with E-state index in [2.05, 4.69) is 0 Å². The van der Waals surface area contributed by atoms with Crippen LogP contribution in [0.2, 0.25) is 0 Å². The zero-order valence-corrected chi connectivity index (χ0v) is 7.93. The molecule has 1 aromatic carbocycles. The van der Waals surface area contributed by atoms with Crippen molar-refractivity contribution in [2.75, 3.05) is 0 Å². The summed E-state index contributed by atoms with van der Waals surface area (Å²) in [4.78, 5) is 10.7. The number of carboxylic acid groups (broad SMARTS) is 1. The molecule has 4 nitrogen and oxygen atoms in total. The molecular weight excluding hydrogens is 194 g/mol. The van der Waals surface area contributed by atoms with Crippen LogP contribution in [0.3, 0.4) is 0 Å². The molecule has 0 radical (unpaired) electrons. The maximum Gasteiger partial charge on any atom is 0.337 e. The Morgan fingerprint density at radius 1 is 1.53 bits per heavy atom. The van der Waals surface area contributed by atoms with Gasteiger partial charge in [0.15, 0.2) is 0 Å². The van der Waals surface area contributed by atoms with Gasteiger partial charge in [0.2, 0.25) is 0 Å². The molecule has 0 atom stereocenters. The van der Waals surface area contributed by atoms with E-state index in [0.29, 0.717) is 5.75 Å². The van der Waals surface area contributed by atoms with Gasteiger partial charge in [0.25, 0.3) is 0 Å². The molecular formula is C11H9NO3. The van der Waals surface area contributed by atoms with Gasteiger partial charge in [-0.1, -0.05) is 0 Å². The van der Waals surface area contributed by atoms with E-state index >= 15 is 0 Å². The third kappa shape index (κ3) is 2.08. The highest BCUT2D eigenvalue weighted by molar-refractivity contribution is 5.90. The van der Waals surface area contributed by atoms with Gasteiger partial charge in [0.05, 0.1) is 17.2 Å². The van der Waals surface area contributed by atoms with Gasteiger partial charge in [0.1, 0.15) is 11.8 Å². The zero-order valence-electron chi connectivity index (χ0n) is 7.93. The Balaban J connectivity index is 2.29. The van der Waals surface area contributed by atoms with Crippen molar-refractivity contribution >= 4 is 5.97 Å². The van der Waals surface area contributed by atoms with Gasteiger partial charge in [-0.25, -0.2) is 4.79 Å². The third-order valence-electron chi connectivity index (χ3n) is 2.17. The molecule has 1 aliphatic rings. The maximum absolute atomic E-state index is 10.7. The zero-order chi connectivity index (χ0) is 10.8. The molecule has 1 aliphatic carbocycles. The number of rotatable bonds is 3. The largest absolute Gasteiger partial charge is 0.490 e. The van der Waals surface area contributed by atoms with E-state index in [1.165, 1.54) is 12.1 Å². The van der Waals surface area contributed by atoms with Crippen LogP contribution in [0, 0.1) is 11.3 Å². The summed E-state index contributed by atoms with van der Waals surface area (Å²) < 4.78 is 5.46. The Morgan fingerprint density at radius 3 is 2.80 bits per heavy atom. The van der Waals surface area contributed by atoms with Crippen molar-refractivity contribution in [1.82, 2.24) is 0 Å². The quantitative estimate of drug-likeness (QED) is 0.813. The maximum atomic E-state index is 10.7. The second-order valence-corrected chi connectivity index (χ2v) is 3.44. The molecule has 1 N–H and O–H groups in total. The van der Waals surface area contributed by atoms with Gasteiger partial charge >= 0.3 is 5.97 Å². The molecule has 76 valence electrons. The van der Waals surface area contributed by atoms with Crippen molar-refractivity contribution in [2.24, 2.45) is 0 Å².